The Labute approximate surface area is 118 Å². The Kier molecular flexibility index (Phi) is 4.08. The Morgan fingerprint density at radius 2 is 2.25 bits per heavy atom. The van der Waals surface area contributed by atoms with Gasteiger partial charge in [0.1, 0.15) is 17.5 Å². The van der Waals surface area contributed by atoms with Crippen molar-refractivity contribution in [1.29, 1.82) is 0 Å². The van der Waals surface area contributed by atoms with Crippen molar-refractivity contribution >= 4 is 11.9 Å². The number of carbonyl (C=O) groups is 1. The quantitative estimate of drug-likeness (QED) is 0.835. The number of anilines is 1. The van der Waals surface area contributed by atoms with Gasteiger partial charge < -0.3 is 20.1 Å². The summed E-state index contributed by atoms with van der Waals surface area (Å²) in [5.41, 5.74) is 5.72. The van der Waals surface area contributed by atoms with Crippen LogP contribution in [0.2, 0.25) is 0 Å². The summed E-state index contributed by atoms with van der Waals surface area (Å²) >= 11 is 0. The van der Waals surface area contributed by atoms with E-state index in [-0.39, 0.29) is 12.2 Å². The molecule has 1 atom stereocenters. The van der Waals surface area contributed by atoms with Crippen LogP contribution >= 0.6 is 0 Å². The number of nitrogen functional groups attached to an aromatic ring is 1. The zero-order valence-corrected chi connectivity index (χ0v) is 12.0. The largest absolute Gasteiger partial charge is 0.444 e. The molecular weight excluding hydrogens is 260 g/mol. The number of nitrogens with two attached hydrogens (primary N) is 1. The Balaban J connectivity index is 2.03. The van der Waals surface area contributed by atoms with Gasteiger partial charge in [0.25, 0.3) is 0 Å². The zero-order valence-electron chi connectivity index (χ0n) is 12.0. The molecule has 0 bridgehead atoms. The van der Waals surface area contributed by atoms with Crippen molar-refractivity contribution in [2.45, 2.75) is 32.5 Å². The fourth-order valence-corrected chi connectivity index (χ4v) is 1.87. The number of aromatic nitrogens is 2. The van der Waals surface area contributed by atoms with Crippen LogP contribution < -0.4 is 5.73 Å². The highest BCUT2D eigenvalue weighted by Gasteiger charge is 2.29. The highest BCUT2D eigenvalue weighted by atomic mass is 16.6. The molecule has 1 aliphatic rings. The standard InChI is InChI=1S/C13H20N4O3/c1-13(2,3)20-12(18)17-4-5-19-10(8-17)9-6-15-7-11(14)16-9/h6-7,10H,4-5,8H2,1-3H3,(H2,14,16). The van der Waals surface area contributed by atoms with Crippen molar-refractivity contribution in [3.63, 3.8) is 0 Å². The first kappa shape index (κ1) is 14.5. The highest BCUT2D eigenvalue weighted by molar-refractivity contribution is 5.68. The van der Waals surface area contributed by atoms with E-state index in [4.69, 9.17) is 15.2 Å². The van der Waals surface area contributed by atoms with Crippen molar-refractivity contribution < 1.29 is 14.3 Å². The average Bonchev–Trinajstić information content (AvgIpc) is 2.37. The summed E-state index contributed by atoms with van der Waals surface area (Å²) in [7, 11) is 0. The van der Waals surface area contributed by atoms with Crippen LogP contribution in [0.5, 0.6) is 0 Å². The second-order valence-electron chi connectivity index (χ2n) is 5.65. The summed E-state index contributed by atoms with van der Waals surface area (Å²) in [6.07, 6.45) is 2.40. The number of carbonyl (C=O) groups excluding carboxylic acids is 1. The molecule has 0 radical (unpaired) electrons. The molecule has 2 rings (SSSR count). The van der Waals surface area contributed by atoms with E-state index in [1.54, 1.807) is 11.1 Å². The van der Waals surface area contributed by atoms with E-state index in [1.165, 1.54) is 6.20 Å². The van der Waals surface area contributed by atoms with Crippen molar-refractivity contribution in [3.8, 4) is 0 Å². The van der Waals surface area contributed by atoms with Gasteiger partial charge in [-0.3, -0.25) is 4.98 Å². The van der Waals surface area contributed by atoms with Gasteiger partial charge in [0.2, 0.25) is 0 Å². The Hall–Kier alpha value is -1.89. The van der Waals surface area contributed by atoms with Crippen LogP contribution in [-0.2, 0) is 9.47 Å². The summed E-state index contributed by atoms with van der Waals surface area (Å²) in [5.74, 6) is 0.334. The first-order chi connectivity index (χ1) is 9.35. The minimum absolute atomic E-state index is 0.327. The smallest absolute Gasteiger partial charge is 0.410 e. The molecule has 1 aromatic rings. The first-order valence-electron chi connectivity index (χ1n) is 6.52. The van der Waals surface area contributed by atoms with Crippen molar-refractivity contribution in [2.75, 3.05) is 25.4 Å². The monoisotopic (exact) mass is 280 g/mol. The predicted molar refractivity (Wildman–Crippen MR) is 72.9 cm³/mol. The molecule has 7 heteroatoms. The third-order valence-corrected chi connectivity index (χ3v) is 2.72. The second-order valence-corrected chi connectivity index (χ2v) is 5.65. The molecule has 1 fully saturated rings. The van der Waals surface area contributed by atoms with Crippen molar-refractivity contribution in [3.05, 3.63) is 18.1 Å². The van der Waals surface area contributed by atoms with Crippen molar-refractivity contribution in [1.82, 2.24) is 14.9 Å². The minimum Gasteiger partial charge on any atom is -0.444 e. The topological polar surface area (TPSA) is 90.6 Å². The maximum absolute atomic E-state index is 12.0. The molecule has 2 heterocycles. The van der Waals surface area contributed by atoms with E-state index in [1.807, 2.05) is 20.8 Å². The molecule has 7 nitrogen and oxygen atoms in total. The average molecular weight is 280 g/mol. The van der Waals surface area contributed by atoms with Gasteiger partial charge in [-0.2, -0.15) is 0 Å². The van der Waals surface area contributed by atoms with Crippen LogP contribution in [0.3, 0.4) is 0 Å². The molecule has 110 valence electrons. The lowest BCUT2D eigenvalue weighted by atomic mass is 10.2. The number of hydrogen-bond donors (Lipinski definition) is 1. The van der Waals surface area contributed by atoms with Crippen LogP contribution in [0.4, 0.5) is 10.6 Å². The molecule has 20 heavy (non-hydrogen) atoms. The van der Waals surface area contributed by atoms with Crippen molar-refractivity contribution in [2.24, 2.45) is 0 Å². The van der Waals surface area contributed by atoms with Gasteiger partial charge in [0.15, 0.2) is 0 Å². The van der Waals surface area contributed by atoms with Gasteiger partial charge in [0.05, 0.1) is 31.2 Å². The van der Waals surface area contributed by atoms with E-state index < -0.39 is 5.60 Å². The number of morpholine rings is 1. The van der Waals surface area contributed by atoms with Gasteiger partial charge in [-0.15, -0.1) is 0 Å². The lowest BCUT2D eigenvalue weighted by Crippen LogP contribution is -2.44. The fraction of sp³-hybridized carbons (Fsp3) is 0.615. The molecule has 1 unspecified atom stereocenters. The van der Waals surface area contributed by atoms with Gasteiger partial charge in [-0.25, -0.2) is 9.78 Å². The zero-order chi connectivity index (χ0) is 14.8. The third kappa shape index (κ3) is 3.80. The predicted octanol–water partition coefficient (Wildman–Crippen LogP) is 1.37. The Bertz CT molecular complexity index is 487. The van der Waals surface area contributed by atoms with Crippen LogP contribution in [0.25, 0.3) is 0 Å². The lowest BCUT2D eigenvalue weighted by molar-refractivity contribution is -0.0447. The summed E-state index contributed by atoms with van der Waals surface area (Å²) < 4.78 is 11.0. The van der Waals surface area contributed by atoms with Gasteiger partial charge in [-0.1, -0.05) is 0 Å². The number of ether oxygens (including phenoxy) is 2. The van der Waals surface area contributed by atoms with Gasteiger partial charge in [-0.05, 0) is 20.8 Å². The summed E-state index contributed by atoms with van der Waals surface area (Å²) in [6.45, 7) is 6.83. The van der Waals surface area contributed by atoms with Gasteiger partial charge >= 0.3 is 6.09 Å². The molecule has 2 N–H and O–H groups in total. The summed E-state index contributed by atoms with van der Waals surface area (Å²) in [4.78, 5) is 21.8. The maximum atomic E-state index is 12.0. The molecule has 1 amide bonds. The normalized spacial score (nSPS) is 19.8. The van der Waals surface area contributed by atoms with Crippen LogP contribution in [0.1, 0.15) is 32.6 Å². The van der Waals surface area contributed by atoms with E-state index in [2.05, 4.69) is 9.97 Å². The molecule has 1 saturated heterocycles. The van der Waals surface area contributed by atoms with Crippen LogP contribution in [0, 0.1) is 0 Å². The number of nitrogens with zero attached hydrogens (tertiary/aromatic N) is 3. The number of amides is 1. The molecule has 0 aromatic carbocycles. The highest BCUT2D eigenvalue weighted by Crippen LogP contribution is 2.22. The second kappa shape index (κ2) is 5.62. The van der Waals surface area contributed by atoms with E-state index in [0.717, 1.165) is 0 Å². The van der Waals surface area contributed by atoms with Crippen LogP contribution in [0.15, 0.2) is 12.4 Å². The van der Waals surface area contributed by atoms with Gasteiger partial charge in [0, 0.05) is 6.54 Å². The summed E-state index contributed by atoms with van der Waals surface area (Å²) in [5, 5.41) is 0. The first-order valence-corrected chi connectivity index (χ1v) is 6.52. The molecule has 1 aromatic heterocycles. The Morgan fingerprint density at radius 1 is 1.50 bits per heavy atom. The SMILES string of the molecule is CC(C)(C)OC(=O)N1CCOC(c2cncc(N)n2)C1. The molecule has 0 aliphatic carbocycles. The van der Waals surface area contributed by atoms with E-state index in [0.29, 0.717) is 31.2 Å². The maximum Gasteiger partial charge on any atom is 0.410 e. The van der Waals surface area contributed by atoms with Crippen LogP contribution in [-0.4, -0.2) is 46.3 Å². The third-order valence-electron chi connectivity index (χ3n) is 2.72. The van der Waals surface area contributed by atoms with E-state index in [9.17, 15) is 4.79 Å². The Morgan fingerprint density at radius 3 is 2.90 bits per heavy atom. The molecule has 0 spiro atoms. The summed E-state index contributed by atoms with van der Waals surface area (Å²) in [6, 6.07) is 0. The molecule has 1 aliphatic heterocycles. The van der Waals surface area contributed by atoms with E-state index >= 15 is 0 Å². The lowest BCUT2D eigenvalue weighted by Gasteiger charge is -2.33. The molecule has 0 saturated carbocycles. The number of rotatable bonds is 1. The minimum atomic E-state index is -0.512. The molecular formula is C13H20N4O3. The number of hydrogen-bond acceptors (Lipinski definition) is 6. The fourth-order valence-electron chi connectivity index (χ4n) is 1.87.